The summed E-state index contributed by atoms with van der Waals surface area (Å²) in [4.78, 5) is 4.53. The molecule has 0 aromatic carbocycles. The first-order valence-corrected chi connectivity index (χ1v) is 6.63. The van der Waals surface area contributed by atoms with Gasteiger partial charge in [0.1, 0.15) is 11.9 Å². The van der Waals surface area contributed by atoms with Crippen LogP contribution in [0.2, 0.25) is 0 Å². The quantitative estimate of drug-likeness (QED) is 0.843. The lowest BCUT2D eigenvalue weighted by molar-refractivity contribution is 0.164. The summed E-state index contributed by atoms with van der Waals surface area (Å²) in [5.74, 6) is 1.08. The first-order valence-electron chi connectivity index (χ1n) is 6.63. The summed E-state index contributed by atoms with van der Waals surface area (Å²) in [6.07, 6.45) is 5.08. The third-order valence-electron chi connectivity index (χ3n) is 3.82. The monoisotopic (exact) mass is 243 g/mol. The fourth-order valence-corrected chi connectivity index (χ4v) is 2.54. The fourth-order valence-electron chi connectivity index (χ4n) is 2.54. The Balaban J connectivity index is 1.76. The summed E-state index contributed by atoms with van der Waals surface area (Å²) < 4.78 is 0. The number of nitrogens with one attached hydrogen (secondary N) is 1. The summed E-state index contributed by atoms with van der Waals surface area (Å²) in [5, 5.41) is 22.1. The lowest BCUT2D eigenvalue weighted by atomic mass is 10.1. The first-order chi connectivity index (χ1) is 8.78. The molecular formula is C14H17N3O. The maximum Gasteiger partial charge on any atom is 0.144 e. The summed E-state index contributed by atoms with van der Waals surface area (Å²) in [7, 11) is 0. The lowest BCUT2D eigenvalue weighted by Crippen LogP contribution is -2.22. The SMILES string of the molecule is N#Cc1cc2c(nc1NCC(O)C1CC1)CCC2. The number of aromatic nitrogens is 1. The molecule has 0 amide bonds. The second-order valence-electron chi connectivity index (χ2n) is 5.24. The lowest BCUT2D eigenvalue weighted by Gasteiger charge is -2.13. The molecule has 18 heavy (non-hydrogen) atoms. The molecule has 1 heterocycles. The van der Waals surface area contributed by atoms with E-state index in [1.54, 1.807) is 0 Å². The minimum absolute atomic E-state index is 0.313. The van der Waals surface area contributed by atoms with E-state index in [2.05, 4.69) is 16.4 Å². The van der Waals surface area contributed by atoms with Crippen molar-refractivity contribution in [3.05, 3.63) is 22.9 Å². The van der Waals surface area contributed by atoms with Crippen LogP contribution in [-0.2, 0) is 12.8 Å². The van der Waals surface area contributed by atoms with E-state index in [0.717, 1.165) is 37.8 Å². The van der Waals surface area contributed by atoms with Gasteiger partial charge in [-0.25, -0.2) is 4.98 Å². The number of nitrogens with zero attached hydrogens (tertiary/aromatic N) is 2. The van der Waals surface area contributed by atoms with Gasteiger partial charge >= 0.3 is 0 Å². The van der Waals surface area contributed by atoms with Gasteiger partial charge in [-0.2, -0.15) is 5.26 Å². The minimum Gasteiger partial charge on any atom is -0.391 e. The van der Waals surface area contributed by atoms with Gasteiger partial charge in [-0.1, -0.05) is 0 Å². The average Bonchev–Trinajstić information content (AvgIpc) is 3.14. The minimum atomic E-state index is -0.313. The molecule has 4 nitrogen and oxygen atoms in total. The Bertz CT molecular complexity index is 502. The molecule has 1 aromatic rings. The Morgan fingerprint density at radius 1 is 1.50 bits per heavy atom. The van der Waals surface area contributed by atoms with Gasteiger partial charge in [-0.05, 0) is 49.7 Å². The zero-order valence-electron chi connectivity index (χ0n) is 10.3. The van der Waals surface area contributed by atoms with Crippen LogP contribution in [0.4, 0.5) is 5.82 Å². The van der Waals surface area contributed by atoms with E-state index in [0.29, 0.717) is 23.8 Å². The van der Waals surface area contributed by atoms with Gasteiger partial charge in [0, 0.05) is 12.2 Å². The van der Waals surface area contributed by atoms with E-state index < -0.39 is 0 Å². The smallest absolute Gasteiger partial charge is 0.144 e. The Hall–Kier alpha value is -1.60. The molecule has 0 radical (unpaired) electrons. The van der Waals surface area contributed by atoms with Crippen LogP contribution < -0.4 is 5.32 Å². The van der Waals surface area contributed by atoms with Crippen molar-refractivity contribution >= 4 is 5.82 Å². The Labute approximate surface area is 107 Å². The highest BCUT2D eigenvalue weighted by molar-refractivity contribution is 5.55. The molecule has 3 rings (SSSR count). The summed E-state index contributed by atoms with van der Waals surface area (Å²) >= 11 is 0. The second kappa shape index (κ2) is 4.58. The number of aliphatic hydroxyl groups is 1. The number of pyridine rings is 1. The third kappa shape index (κ3) is 2.19. The van der Waals surface area contributed by atoms with Crippen molar-refractivity contribution in [2.75, 3.05) is 11.9 Å². The molecule has 0 aliphatic heterocycles. The van der Waals surface area contributed by atoms with Crippen molar-refractivity contribution in [1.82, 2.24) is 4.98 Å². The molecule has 1 unspecified atom stereocenters. The summed E-state index contributed by atoms with van der Waals surface area (Å²) in [6.45, 7) is 0.491. The number of anilines is 1. The Kier molecular flexibility index (Phi) is 2.92. The number of nitriles is 1. The van der Waals surface area contributed by atoms with Crippen LogP contribution in [0, 0.1) is 17.2 Å². The van der Waals surface area contributed by atoms with Gasteiger partial charge in [-0.3, -0.25) is 0 Å². The van der Waals surface area contributed by atoms with Gasteiger partial charge in [0.2, 0.25) is 0 Å². The molecule has 1 aromatic heterocycles. The zero-order chi connectivity index (χ0) is 12.5. The topological polar surface area (TPSA) is 68.9 Å². The molecule has 0 spiro atoms. The zero-order valence-corrected chi connectivity index (χ0v) is 10.3. The van der Waals surface area contributed by atoms with Crippen LogP contribution >= 0.6 is 0 Å². The second-order valence-corrected chi connectivity index (χ2v) is 5.24. The number of aryl methyl sites for hydroxylation is 2. The predicted molar refractivity (Wildman–Crippen MR) is 68.2 cm³/mol. The molecular weight excluding hydrogens is 226 g/mol. The standard InChI is InChI=1S/C14H17N3O/c15-7-11-6-10-2-1-3-12(10)17-14(11)16-8-13(18)9-4-5-9/h6,9,13,18H,1-5,8H2,(H,16,17). The van der Waals surface area contributed by atoms with Crippen LogP contribution in [0.1, 0.15) is 36.1 Å². The normalized spacial score (nSPS) is 19.1. The van der Waals surface area contributed by atoms with Crippen LogP contribution in [0.25, 0.3) is 0 Å². The van der Waals surface area contributed by atoms with E-state index in [9.17, 15) is 5.11 Å². The number of aliphatic hydroxyl groups excluding tert-OH is 1. The third-order valence-corrected chi connectivity index (χ3v) is 3.82. The van der Waals surface area contributed by atoms with E-state index in [1.165, 1.54) is 5.56 Å². The van der Waals surface area contributed by atoms with E-state index >= 15 is 0 Å². The number of rotatable bonds is 4. The van der Waals surface area contributed by atoms with E-state index in [1.807, 2.05) is 6.07 Å². The molecule has 2 N–H and O–H groups in total. The number of hydrogen-bond acceptors (Lipinski definition) is 4. The van der Waals surface area contributed by atoms with Crippen LogP contribution in [-0.4, -0.2) is 22.7 Å². The molecule has 1 fully saturated rings. The van der Waals surface area contributed by atoms with Crippen LogP contribution in [0.15, 0.2) is 6.07 Å². The highest BCUT2D eigenvalue weighted by Crippen LogP contribution is 2.32. The average molecular weight is 243 g/mol. The molecule has 1 atom stereocenters. The molecule has 0 bridgehead atoms. The van der Waals surface area contributed by atoms with Crippen LogP contribution in [0.3, 0.4) is 0 Å². The molecule has 0 saturated heterocycles. The maximum absolute atomic E-state index is 9.83. The molecule has 94 valence electrons. The van der Waals surface area contributed by atoms with Gasteiger partial charge in [0.05, 0.1) is 11.7 Å². The van der Waals surface area contributed by atoms with Gasteiger partial charge in [-0.15, -0.1) is 0 Å². The van der Waals surface area contributed by atoms with Crippen molar-refractivity contribution in [3.63, 3.8) is 0 Å². The van der Waals surface area contributed by atoms with Gasteiger partial charge in [0.25, 0.3) is 0 Å². The Morgan fingerprint density at radius 3 is 3.06 bits per heavy atom. The molecule has 1 saturated carbocycles. The van der Waals surface area contributed by atoms with Crippen LogP contribution in [0.5, 0.6) is 0 Å². The first kappa shape index (κ1) is 11.5. The predicted octanol–water partition coefficient (Wildman–Crippen LogP) is 1.62. The van der Waals surface area contributed by atoms with Gasteiger partial charge in [0.15, 0.2) is 0 Å². The maximum atomic E-state index is 9.83. The van der Waals surface area contributed by atoms with Crippen molar-refractivity contribution in [2.45, 2.75) is 38.2 Å². The molecule has 2 aliphatic carbocycles. The highest BCUT2D eigenvalue weighted by atomic mass is 16.3. The summed E-state index contributed by atoms with van der Waals surface area (Å²) in [5.41, 5.74) is 2.91. The van der Waals surface area contributed by atoms with Crippen molar-refractivity contribution in [1.29, 1.82) is 5.26 Å². The van der Waals surface area contributed by atoms with Crippen molar-refractivity contribution < 1.29 is 5.11 Å². The van der Waals surface area contributed by atoms with E-state index in [-0.39, 0.29) is 6.10 Å². The number of fused-ring (bicyclic) bond motifs is 1. The van der Waals surface area contributed by atoms with E-state index in [4.69, 9.17) is 5.26 Å². The molecule has 2 aliphatic rings. The summed E-state index contributed by atoms with van der Waals surface area (Å²) in [6, 6.07) is 4.13. The van der Waals surface area contributed by atoms with Crippen molar-refractivity contribution in [2.24, 2.45) is 5.92 Å². The highest BCUT2D eigenvalue weighted by Gasteiger charge is 2.29. The fraction of sp³-hybridized carbons (Fsp3) is 0.571. The van der Waals surface area contributed by atoms with Crippen molar-refractivity contribution in [3.8, 4) is 6.07 Å². The molecule has 4 heteroatoms. The van der Waals surface area contributed by atoms with Gasteiger partial charge < -0.3 is 10.4 Å². The number of hydrogen-bond donors (Lipinski definition) is 2. The largest absolute Gasteiger partial charge is 0.391 e. The Morgan fingerprint density at radius 2 is 2.33 bits per heavy atom.